The lowest BCUT2D eigenvalue weighted by Gasteiger charge is -2.23. The summed E-state index contributed by atoms with van der Waals surface area (Å²) in [6.45, 7) is 2.81. The minimum Gasteiger partial charge on any atom is -0.370 e. The summed E-state index contributed by atoms with van der Waals surface area (Å²) < 4.78 is 0.676. The summed E-state index contributed by atoms with van der Waals surface area (Å²) in [5.74, 6) is -0.855. The van der Waals surface area contributed by atoms with Crippen molar-refractivity contribution in [2.75, 3.05) is 6.54 Å². The molecule has 0 fully saturated rings. The first kappa shape index (κ1) is 18.2. The van der Waals surface area contributed by atoms with Gasteiger partial charge in [0.15, 0.2) is 0 Å². The number of carbonyl (C=O) groups is 2. The second-order valence-corrected chi connectivity index (χ2v) is 5.63. The molecule has 0 bridgehead atoms. The van der Waals surface area contributed by atoms with Crippen LogP contribution in [0, 0.1) is 0 Å². The topological polar surface area (TPSA) is 89.4 Å². The number of likely N-dealkylation sites (N-methyl/N-ethyl adjacent to an activating group) is 1. The van der Waals surface area contributed by atoms with Crippen molar-refractivity contribution in [1.29, 1.82) is 0 Å². The van der Waals surface area contributed by atoms with Crippen molar-refractivity contribution < 1.29 is 9.59 Å². The number of halogens is 2. The Morgan fingerprint density at radius 1 is 1.47 bits per heavy atom. The maximum atomic E-state index is 12.0. The third-order valence-corrected chi connectivity index (χ3v) is 3.62. The number of hydrogen-bond donors (Lipinski definition) is 2. The summed E-state index contributed by atoms with van der Waals surface area (Å²) in [5, 5.41) is 0. The molecule has 0 radical (unpaired) electrons. The number of hydrogen-bond acceptors (Lipinski definition) is 4. The van der Waals surface area contributed by atoms with E-state index in [0.29, 0.717) is 17.4 Å². The minimum absolute atomic E-state index is 0. The third-order valence-electron chi connectivity index (χ3n) is 2.41. The summed E-state index contributed by atoms with van der Waals surface area (Å²) in [6.07, 6.45) is -0.138. The van der Waals surface area contributed by atoms with Gasteiger partial charge in [0.25, 0.3) is 0 Å². The molecule has 4 N–H and O–H groups in total. The van der Waals surface area contributed by atoms with E-state index in [9.17, 15) is 9.59 Å². The number of amides is 2. The molecular formula is C11H17Cl2N3O2S. The minimum atomic E-state index is -0.877. The Kier molecular flexibility index (Phi) is 8.01. The summed E-state index contributed by atoms with van der Waals surface area (Å²) in [4.78, 5) is 25.3. The van der Waals surface area contributed by atoms with Gasteiger partial charge < -0.3 is 16.4 Å². The fourth-order valence-corrected chi connectivity index (χ4v) is 2.61. The van der Waals surface area contributed by atoms with E-state index in [2.05, 4.69) is 0 Å². The van der Waals surface area contributed by atoms with Crippen LogP contribution in [-0.2, 0) is 16.1 Å². The van der Waals surface area contributed by atoms with Gasteiger partial charge in [0.05, 0.1) is 23.3 Å². The molecule has 0 spiro atoms. The van der Waals surface area contributed by atoms with Gasteiger partial charge in [-0.2, -0.15) is 0 Å². The van der Waals surface area contributed by atoms with Crippen molar-refractivity contribution in [1.82, 2.24) is 4.90 Å². The average Bonchev–Trinajstić information content (AvgIpc) is 2.70. The molecule has 0 aromatic carbocycles. The van der Waals surface area contributed by atoms with Crippen molar-refractivity contribution in [2.45, 2.75) is 25.9 Å². The molecule has 0 saturated heterocycles. The maximum Gasteiger partial charge on any atom is 0.240 e. The van der Waals surface area contributed by atoms with Crippen LogP contribution >= 0.6 is 35.3 Å². The molecule has 8 heteroatoms. The lowest BCUT2D eigenvalue weighted by Crippen LogP contribution is -2.45. The van der Waals surface area contributed by atoms with Gasteiger partial charge in [0, 0.05) is 11.4 Å². The fourth-order valence-electron chi connectivity index (χ4n) is 1.51. The summed E-state index contributed by atoms with van der Waals surface area (Å²) in [7, 11) is 0. The molecular weight excluding hydrogens is 309 g/mol. The van der Waals surface area contributed by atoms with Crippen LogP contribution in [0.1, 0.15) is 18.2 Å². The smallest absolute Gasteiger partial charge is 0.240 e. The number of nitrogens with two attached hydrogens (primary N) is 2. The molecule has 1 aromatic rings. The van der Waals surface area contributed by atoms with Crippen LogP contribution in [0.5, 0.6) is 0 Å². The predicted molar refractivity (Wildman–Crippen MR) is 79.5 cm³/mol. The molecule has 1 aromatic heterocycles. The first-order chi connectivity index (χ1) is 8.43. The van der Waals surface area contributed by atoms with Gasteiger partial charge in [0.1, 0.15) is 0 Å². The molecule has 0 saturated carbocycles. The van der Waals surface area contributed by atoms with Crippen LogP contribution in [0.3, 0.4) is 0 Å². The highest BCUT2D eigenvalue weighted by molar-refractivity contribution is 7.16. The van der Waals surface area contributed by atoms with E-state index in [1.165, 1.54) is 11.3 Å². The van der Waals surface area contributed by atoms with Crippen molar-refractivity contribution >= 4 is 47.2 Å². The normalized spacial score (nSPS) is 11.5. The lowest BCUT2D eigenvalue weighted by atomic mass is 10.2. The van der Waals surface area contributed by atoms with Gasteiger partial charge in [-0.15, -0.1) is 23.7 Å². The quantitative estimate of drug-likeness (QED) is 0.827. The number of primary amides is 1. The van der Waals surface area contributed by atoms with E-state index in [4.69, 9.17) is 23.1 Å². The molecule has 5 nitrogen and oxygen atoms in total. The molecule has 2 amide bonds. The molecule has 0 aliphatic heterocycles. The average molecular weight is 326 g/mol. The van der Waals surface area contributed by atoms with Gasteiger partial charge in [-0.25, -0.2) is 0 Å². The van der Waals surface area contributed by atoms with Crippen LogP contribution in [-0.4, -0.2) is 29.3 Å². The summed E-state index contributed by atoms with van der Waals surface area (Å²) in [6, 6.07) is 2.77. The highest BCUT2D eigenvalue weighted by Crippen LogP contribution is 2.22. The van der Waals surface area contributed by atoms with Crippen molar-refractivity contribution in [3.8, 4) is 0 Å². The Balaban J connectivity index is 0.00000324. The van der Waals surface area contributed by atoms with Gasteiger partial charge in [0.2, 0.25) is 11.8 Å². The van der Waals surface area contributed by atoms with Crippen LogP contribution in [0.4, 0.5) is 0 Å². The Morgan fingerprint density at radius 2 is 2.11 bits per heavy atom. The Labute approximate surface area is 127 Å². The summed E-state index contributed by atoms with van der Waals surface area (Å²) in [5.41, 5.74) is 10.7. The Hall–Kier alpha value is -0.820. The number of carbonyl (C=O) groups excluding carboxylic acids is 2. The fraction of sp³-hybridized carbons (Fsp3) is 0.455. The van der Waals surface area contributed by atoms with Crippen molar-refractivity contribution in [3.05, 3.63) is 21.3 Å². The standard InChI is InChI=1S/C11H16ClN3O2S.ClH/c1-2-15(6-7-3-4-9(12)18-7)11(17)8(13)5-10(14)16;/h3-4,8H,2,5-6,13H2,1H3,(H2,14,16);1H. The zero-order valence-corrected chi connectivity index (χ0v) is 12.9. The lowest BCUT2D eigenvalue weighted by molar-refractivity contribution is -0.135. The van der Waals surface area contributed by atoms with Crippen molar-refractivity contribution in [3.63, 3.8) is 0 Å². The van der Waals surface area contributed by atoms with E-state index in [1.54, 1.807) is 11.0 Å². The molecule has 108 valence electrons. The largest absolute Gasteiger partial charge is 0.370 e. The molecule has 1 unspecified atom stereocenters. The zero-order valence-electron chi connectivity index (χ0n) is 10.5. The Bertz CT molecular complexity index is 439. The molecule has 1 atom stereocenters. The molecule has 1 rings (SSSR count). The molecule has 19 heavy (non-hydrogen) atoms. The Morgan fingerprint density at radius 3 is 2.53 bits per heavy atom. The van der Waals surface area contributed by atoms with E-state index in [-0.39, 0.29) is 24.7 Å². The van der Waals surface area contributed by atoms with Crippen LogP contribution in [0.25, 0.3) is 0 Å². The summed E-state index contributed by atoms with van der Waals surface area (Å²) >= 11 is 7.24. The highest BCUT2D eigenvalue weighted by atomic mass is 35.5. The van der Waals surface area contributed by atoms with E-state index < -0.39 is 11.9 Å². The maximum absolute atomic E-state index is 12.0. The number of rotatable bonds is 6. The number of nitrogens with zero attached hydrogens (tertiary/aromatic N) is 1. The second-order valence-electron chi connectivity index (χ2n) is 3.84. The van der Waals surface area contributed by atoms with E-state index in [0.717, 1.165) is 4.88 Å². The first-order valence-corrected chi connectivity index (χ1v) is 6.70. The van der Waals surface area contributed by atoms with E-state index >= 15 is 0 Å². The highest BCUT2D eigenvalue weighted by Gasteiger charge is 2.21. The molecule has 0 aliphatic carbocycles. The van der Waals surface area contributed by atoms with E-state index in [1.807, 2.05) is 13.0 Å². The zero-order chi connectivity index (χ0) is 13.7. The van der Waals surface area contributed by atoms with Gasteiger partial charge in [-0.1, -0.05) is 11.6 Å². The van der Waals surface area contributed by atoms with Gasteiger partial charge in [-0.05, 0) is 19.1 Å². The predicted octanol–water partition coefficient (Wildman–Crippen LogP) is 1.37. The van der Waals surface area contributed by atoms with Gasteiger partial charge >= 0.3 is 0 Å². The SMILES string of the molecule is CCN(Cc1ccc(Cl)s1)C(=O)C(N)CC(N)=O.Cl. The van der Waals surface area contributed by atoms with Crippen LogP contribution in [0.15, 0.2) is 12.1 Å². The molecule has 1 heterocycles. The van der Waals surface area contributed by atoms with Crippen LogP contribution in [0.2, 0.25) is 4.34 Å². The monoisotopic (exact) mass is 325 g/mol. The second kappa shape index (κ2) is 8.37. The van der Waals surface area contributed by atoms with Gasteiger partial charge in [-0.3, -0.25) is 9.59 Å². The van der Waals surface area contributed by atoms with Crippen LogP contribution < -0.4 is 11.5 Å². The number of thiophene rings is 1. The molecule has 0 aliphatic rings. The van der Waals surface area contributed by atoms with Crippen molar-refractivity contribution in [2.24, 2.45) is 11.5 Å². The third kappa shape index (κ3) is 5.78. The first-order valence-electron chi connectivity index (χ1n) is 5.51.